The predicted octanol–water partition coefficient (Wildman–Crippen LogP) is 13.4. The van der Waals surface area contributed by atoms with Crippen LogP contribution in [0.1, 0.15) is 232 Å². The van der Waals surface area contributed by atoms with Crippen molar-refractivity contribution in [2.24, 2.45) is 39.4 Å². The highest BCUT2D eigenvalue weighted by atomic mass is 16.5. The summed E-state index contributed by atoms with van der Waals surface area (Å²) in [6.07, 6.45) is 8.17. The molecule has 0 aliphatic carbocycles. The van der Waals surface area contributed by atoms with Gasteiger partial charge in [-0.25, -0.2) is 0 Å². The van der Waals surface area contributed by atoms with Crippen LogP contribution in [0.15, 0.2) is 11.6 Å². The highest BCUT2D eigenvalue weighted by molar-refractivity contribution is 5.80. The van der Waals surface area contributed by atoms with Gasteiger partial charge >= 0.3 is 0 Å². The molecular weight excluding hydrogens is 787 g/mol. The Bertz CT molecular complexity index is 1540. The van der Waals surface area contributed by atoms with Crippen LogP contribution in [-0.2, 0) is 4.79 Å². The van der Waals surface area contributed by atoms with Gasteiger partial charge in [0.05, 0.1) is 22.5 Å². The Morgan fingerprint density at radius 2 is 0.984 bits per heavy atom. The van der Waals surface area contributed by atoms with Crippen LogP contribution in [0.4, 0.5) is 0 Å². The molecule has 3 fully saturated rings. The summed E-state index contributed by atoms with van der Waals surface area (Å²) in [6.45, 7) is 60.6. The zero-order chi connectivity index (χ0) is 50.6. The fourth-order valence-electron chi connectivity index (χ4n) is 11.3. The zero-order valence-corrected chi connectivity index (χ0v) is 46.7. The van der Waals surface area contributed by atoms with Crippen molar-refractivity contribution in [2.75, 3.05) is 6.54 Å². The molecular formula is C53H107N5O5. The first-order chi connectivity index (χ1) is 27.3. The van der Waals surface area contributed by atoms with Gasteiger partial charge in [0.1, 0.15) is 0 Å². The number of hydrogen-bond acceptors (Lipinski definition) is 9. The van der Waals surface area contributed by atoms with E-state index < -0.39 is 5.54 Å². The summed E-state index contributed by atoms with van der Waals surface area (Å²) in [6, 6.07) is 0. The van der Waals surface area contributed by atoms with Gasteiger partial charge in [-0.1, -0.05) is 89.2 Å². The van der Waals surface area contributed by atoms with Gasteiger partial charge in [0, 0.05) is 34.2 Å². The summed E-state index contributed by atoms with van der Waals surface area (Å²) < 4.78 is 0. The molecule has 0 saturated carbocycles. The van der Waals surface area contributed by atoms with E-state index in [-0.39, 0.29) is 66.8 Å². The minimum Gasteiger partial charge on any atom is -0.356 e. The van der Waals surface area contributed by atoms with Crippen LogP contribution in [0.3, 0.4) is 0 Å². The van der Waals surface area contributed by atoms with E-state index in [1.807, 2.05) is 41.5 Å². The van der Waals surface area contributed by atoms with Crippen molar-refractivity contribution in [3.05, 3.63) is 11.6 Å². The standard InChI is InChI=1S/C15H30N2O2.C13H27NO.C13H25NO.C12H25NO/c1-13(2,3)8-9-16-12(18)11-10-14(4,5)17(19)15(11,6)7;2*1-11(2,3)8-10-9-12(4,5)14(15)13(10,6)7;1-10(2,3)9-8-11(4,5)13(14)12(9,6)7/h11,19H,8-10H2,1-7H3,(H,16,18);10,15H,8-9H2,1-7H3;9,15H,8H2,1-7H3;9,14H,8H2,1-7H3. The Morgan fingerprint density at radius 1 is 0.571 bits per heavy atom. The van der Waals surface area contributed by atoms with Crippen LogP contribution in [0, 0.1) is 39.4 Å². The first-order valence-electron chi connectivity index (χ1n) is 24.3. The maximum absolute atomic E-state index is 12.3. The highest BCUT2D eigenvalue weighted by Crippen LogP contribution is 2.51. The van der Waals surface area contributed by atoms with Gasteiger partial charge in [-0.15, -0.1) is 0 Å². The molecule has 10 nitrogen and oxygen atoms in total. The average molecular weight is 894 g/mol. The molecule has 3 atom stereocenters. The minimum absolute atomic E-state index is 0.0545. The molecule has 10 heteroatoms. The van der Waals surface area contributed by atoms with E-state index in [2.05, 4.69) is 164 Å². The third-order valence-electron chi connectivity index (χ3n) is 14.7. The zero-order valence-electron chi connectivity index (χ0n) is 46.7. The van der Waals surface area contributed by atoms with E-state index in [9.17, 15) is 25.6 Å². The molecule has 0 aromatic carbocycles. The lowest BCUT2D eigenvalue weighted by molar-refractivity contribution is -0.200. The van der Waals surface area contributed by atoms with Crippen molar-refractivity contribution in [2.45, 2.75) is 277 Å². The molecule has 0 aromatic heterocycles. The van der Waals surface area contributed by atoms with Crippen molar-refractivity contribution >= 4 is 5.91 Å². The number of carbonyl (C=O) groups excluding carboxylic acids is 1. The quantitative estimate of drug-likeness (QED) is 0.172. The summed E-state index contributed by atoms with van der Waals surface area (Å²) in [5, 5.41) is 49.6. The second kappa shape index (κ2) is 19.1. The number of nitrogens with one attached hydrogen (secondary N) is 1. The number of carbonyl (C=O) groups is 1. The minimum atomic E-state index is -0.519. The van der Waals surface area contributed by atoms with Crippen LogP contribution < -0.4 is 5.32 Å². The predicted molar refractivity (Wildman–Crippen MR) is 264 cm³/mol. The Labute approximate surface area is 390 Å². The maximum atomic E-state index is 12.3. The van der Waals surface area contributed by atoms with Crippen LogP contribution in [0.2, 0.25) is 0 Å². The molecule has 4 rings (SSSR count). The Kier molecular flexibility index (Phi) is 18.2. The van der Waals surface area contributed by atoms with E-state index in [1.54, 1.807) is 10.1 Å². The van der Waals surface area contributed by atoms with Gasteiger partial charge in [-0.2, -0.15) is 20.3 Å². The third kappa shape index (κ3) is 15.2. The molecule has 0 aromatic rings. The molecule has 0 spiro atoms. The molecule has 4 heterocycles. The van der Waals surface area contributed by atoms with E-state index in [0.29, 0.717) is 30.2 Å². The van der Waals surface area contributed by atoms with Gasteiger partial charge < -0.3 is 26.1 Å². The van der Waals surface area contributed by atoms with E-state index in [4.69, 9.17) is 0 Å². The normalized spacial score (nSPS) is 28.5. The second-order valence-electron chi connectivity index (χ2n) is 29.4. The SMILES string of the molecule is CC(C)(C)C1CC(C)(C)N(O)C1(C)C.CC(C)(C)CC1=CC(C)(C)N(O)C1(C)C.CC(C)(C)CC1CC(C)(C)N(O)C1(C)C.CC(C)(C)CCNC(=O)C1CC(C)(C)N(O)C1(C)C. The summed E-state index contributed by atoms with van der Waals surface area (Å²) in [5.41, 5.74) is 0.653. The molecule has 374 valence electrons. The third-order valence-corrected chi connectivity index (χ3v) is 14.7. The van der Waals surface area contributed by atoms with Gasteiger partial charge in [0.15, 0.2) is 0 Å². The van der Waals surface area contributed by atoms with Gasteiger partial charge in [-0.05, 0) is 188 Å². The topological polar surface area (TPSA) is 123 Å². The van der Waals surface area contributed by atoms with E-state index >= 15 is 0 Å². The number of hydrogen-bond donors (Lipinski definition) is 5. The van der Waals surface area contributed by atoms with Gasteiger partial charge in [-0.3, -0.25) is 4.79 Å². The fourth-order valence-corrected chi connectivity index (χ4v) is 11.3. The van der Waals surface area contributed by atoms with Crippen LogP contribution in [0.5, 0.6) is 0 Å². The van der Waals surface area contributed by atoms with Crippen molar-refractivity contribution in [1.82, 2.24) is 25.6 Å². The van der Waals surface area contributed by atoms with Gasteiger partial charge in [0.2, 0.25) is 5.91 Å². The van der Waals surface area contributed by atoms with Crippen LogP contribution in [0.25, 0.3) is 0 Å². The first kappa shape index (κ1) is 59.9. The van der Waals surface area contributed by atoms with Gasteiger partial charge in [0.25, 0.3) is 0 Å². The lowest BCUT2D eigenvalue weighted by Crippen LogP contribution is -2.50. The molecule has 3 saturated heterocycles. The largest absolute Gasteiger partial charge is 0.356 e. The van der Waals surface area contributed by atoms with Crippen LogP contribution >= 0.6 is 0 Å². The van der Waals surface area contributed by atoms with Crippen molar-refractivity contribution in [3.63, 3.8) is 0 Å². The molecule has 5 N–H and O–H groups in total. The fraction of sp³-hybridized carbons (Fsp3) is 0.943. The van der Waals surface area contributed by atoms with E-state index in [0.717, 1.165) is 25.7 Å². The van der Waals surface area contributed by atoms with Crippen LogP contribution in [-0.4, -0.2) is 97.8 Å². The lowest BCUT2D eigenvalue weighted by atomic mass is 9.70. The maximum Gasteiger partial charge on any atom is 0.225 e. The molecule has 63 heavy (non-hydrogen) atoms. The second-order valence-corrected chi connectivity index (χ2v) is 29.4. The molecule has 4 aliphatic rings. The van der Waals surface area contributed by atoms with Crippen molar-refractivity contribution < 1.29 is 25.6 Å². The first-order valence-corrected chi connectivity index (χ1v) is 24.3. The molecule has 0 radical (unpaired) electrons. The lowest BCUT2D eigenvalue weighted by Gasteiger charge is -2.40. The average Bonchev–Trinajstić information content (AvgIpc) is 3.47. The smallest absolute Gasteiger partial charge is 0.225 e. The molecule has 1 amide bonds. The summed E-state index contributed by atoms with van der Waals surface area (Å²) in [5.74, 6) is 0.971. The Hall–Kier alpha value is -1.11. The summed E-state index contributed by atoms with van der Waals surface area (Å²) >= 11 is 0. The number of hydroxylamine groups is 8. The van der Waals surface area contributed by atoms with E-state index in [1.165, 1.54) is 22.1 Å². The molecule has 0 bridgehead atoms. The summed E-state index contributed by atoms with van der Waals surface area (Å²) in [7, 11) is 0. The monoisotopic (exact) mass is 894 g/mol. The Morgan fingerprint density at radius 3 is 1.25 bits per heavy atom. The number of amides is 1. The Balaban J connectivity index is 0.000000423. The highest BCUT2D eigenvalue weighted by Gasteiger charge is 2.56. The number of rotatable bonds is 5. The summed E-state index contributed by atoms with van der Waals surface area (Å²) in [4.78, 5) is 12.3. The van der Waals surface area contributed by atoms with Crippen molar-refractivity contribution in [3.8, 4) is 0 Å². The molecule has 4 aliphatic heterocycles. The molecule has 3 unspecified atom stereocenters. The van der Waals surface area contributed by atoms with Crippen molar-refractivity contribution in [1.29, 1.82) is 0 Å². The number of nitrogens with zero attached hydrogens (tertiary/aromatic N) is 4.